The summed E-state index contributed by atoms with van der Waals surface area (Å²) in [6.45, 7) is 3.50. The average molecular weight is 255 g/mol. The Morgan fingerprint density at radius 2 is 1.88 bits per heavy atom. The molecule has 1 aromatic rings. The van der Waals surface area contributed by atoms with E-state index in [0.29, 0.717) is 5.56 Å². The molecule has 0 aliphatic carbocycles. The van der Waals surface area contributed by atoms with Gasteiger partial charge in [-0.15, -0.1) is 0 Å². The molecule has 4 N–H and O–H groups in total. The van der Waals surface area contributed by atoms with Crippen LogP contribution in [0, 0.1) is 5.41 Å². The Balaban J connectivity index is 2.68. The van der Waals surface area contributed by atoms with E-state index in [1.807, 2.05) is 0 Å². The number of rotatable bonds is 5. The van der Waals surface area contributed by atoms with Crippen LogP contribution < -0.4 is 10.5 Å². The number of benzene rings is 1. The zero-order chi connectivity index (χ0) is 13.1. The summed E-state index contributed by atoms with van der Waals surface area (Å²) in [5.74, 6) is -0.000638. The molecule has 0 unspecified atom stereocenters. The zero-order valence-electron chi connectivity index (χ0n) is 9.90. The van der Waals surface area contributed by atoms with Gasteiger partial charge in [-0.05, 0) is 19.4 Å². The maximum Gasteiger partial charge on any atom is 0.214 e. The van der Waals surface area contributed by atoms with Gasteiger partial charge in [-0.3, -0.25) is 5.41 Å². The van der Waals surface area contributed by atoms with Gasteiger partial charge < -0.3 is 5.73 Å². The second-order valence-corrected chi connectivity index (χ2v) is 6.35. The summed E-state index contributed by atoms with van der Waals surface area (Å²) in [4.78, 5) is 0. The van der Waals surface area contributed by atoms with E-state index in [2.05, 4.69) is 4.72 Å². The van der Waals surface area contributed by atoms with E-state index in [4.69, 9.17) is 11.1 Å². The number of nitrogens with one attached hydrogen (secondary N) is 2. The third-order valence-electron chi connectivity index (χ3n) is 2.36. The van der Waals surface area contributed by atoms with Crippen molar-refractivity contribution in [2.45, 2.75) is 25.6 Å². The summed E-state index contributed by atoms with van der Waals surface area (Å²) in [6, 6.07) is 6.89. The Morgan fingerprint density at radius 3 is 2.29 bits per heavy atom. The van der Waals surface area contributed by atoms with Gasteiger partial charge in [-0.2, -0.15) is 0 Å². The van der Waals surface area contributed by atoms with Gasteiger partial charge in [0.2, 0.25) is 10.0 Å². The third kappa shape index (κ3) is 3.83. The van der Waals surface area contributed by atoms with Crippen molar-refractivity contribution in [3.63, 3.8) is 0 Å². The number of amidine groups is 1. The third-order valence-corrected chi connectivity index (χ3v) is 4.15. The number of hydrogen-bond donors (Lipinski definition) is 3. The lowest BCUT2D eigenvalue weighted by Gasteiger charge is -2.09. The molecule has 0 atom stereocenters. The summed E-state index contributed by atoms with van der Waals surface area (Å²) in [6.07, 6.45) is 0. The lowest BCUT2D eigenvalue weighted by molar-refractivity contribution is 0.572. The molecule has 5 nitrogen and oxygen atoms in total. The maximum absolute atomic E-state index is 11.5. The van der Waals surface area contributed by atoms with Crippen molar-refractivity contribution in [1.29, 1.82) is 5.41 Å². The van der Waals surface area contributed by atoms with Crippen molar-refractivity contribution >= 4 is 15.9 Å². The van der Waals surface area contributed by atoms with Crippen molar-refractivity contribution in [3.05, 3.63) is 35.4 Å². The molecule has 0 aliphatic rings. The normalized spacial score (nSPS) is 11.7. The number of sulfonamides is 1. The first-order valence-electron chi connectivity index (χ1n) is 5.25. The highest BCUT2D eigenvalue weighted by Crippen LogP contribution is 2.05. The molecular formula is C11H17N3O2S. The second kappa shape index (κ2) is 5.29. The van der Waals surface area contributed by atoms with Gasteiger partial charge in [0, 0.05) is 12.1 Å². The van der Waals surface area contributed by atoms with E-state index < -0.39 is 15.3 Å². The van der Waals surface area contributed by atoms with Crippen molar-refractivity contribution in [1.82, 2.24) is 4.72 Å². The van der Waals surface area contributed by atoms with Gasteiger partial charge in [0.1, 0.15) is 5.84 Å². The summed E-state index contributed by atoms with van der Waals surface area (Å²) in [5, 5.41) is 6.78. The van der Waals surface area contributed by atoms with Crippen LogP contribution in [0.2, 0.25) is 0 Å². The first kappa shape index (κ1) is 13.7. The van der Waals surface area contributed by atoms with Gasteiger partial charge in [0.15, 0.2) is 0 Å². The molecule has 1 aromatic carbocycles. The summed E-state index contributed by atoms with van der Waals surface area (Å²) >= 11 is 0. The molecule has 0 saturated carbocycles. The Kier molecular flexibility index (Phi) is 4.25. The monoisotopic (exact) mass is 255 g/mol. The molecule has 0 amide bonds. The SMILES string of the molecule is CC(C)S(=O)(=O)NCc1ccc(C(=N)N)cc1. The highest BCUT2D eigenvalue weighted by Gasteiger charge is 2.14. The van der Waals surface area contributed by atoms with Crippen LogP contribution in [0.4, 0.5) is 0 Å². The van der Waals surface area contributed by atoms with Gasteiger partial charge >= 0.3 is 0 Å². The number of nitrogen functional groups attached to an aromatic ring is 1. The predicted molar refractivity (Wildman–Crippen MR) is 68.4 cm³/mol. The van der Waals surface area contributed by atoms with Crippen LogP contribution in [0.3, 0.4) is 0 Å². The maximum atomic E-state index is 11.5. The highest BCUT2D eigenvalue weighted by molar-refractivity contribution is 7.90. The Morgan fingerprint density at radius 1 is 1.35 bits per heavy atom. The number of hydrogen-bond acceptors (Lipinski definition) is 3. The molecule has 6 heteroatoms. The largest absolute Gasteiger partial charge is 0.384 e. The first-order chi connectivity index (χ1) is 7.83. The van der Waals surface area contributed by atoms with Crippen molar-refractivity contribution in [2.75, 3.05) is 0 Å². The van der Waals surface area contributed by atoms with Crippen LogP contribution in [0.25, 0.3) is 0 Å². The fourth-order valence-electron chi connectivity index (χ4n) is 1.15. The smallest absolute Gasteiger partial charge is 0.214 e. The molecule has 0 aliphatic heterocycles. The summed E-state index contributed by atoms with van der Waals surface area (Å²) < 4.78 is 25.5. The van der Waals surface area contributed by atoms with E-state index >= 15 is 0 Å². The molecule has 0 aromatic heterocycles. The van der Waals surface area contributed by atoms with Crippen molar-refractivity contribution < 1.29 is 8.42 Å². The molecule has 0 spiro atoms. The average Bonchev–Trinajstić information content (AvgIpc) is 2.27. The minimum atomic E-state index is -3.24. The lowest BCUT2D eigenvalue weighted by Crippen LogP contribution is -2.30. The Labute approximate surface area is 102 Å². The Bertz CT molecular complexity index is 492. The van der Waals surface area contributed by atoms with Gasteiger partial charge in [-0.1, -0.05) is 24.3 Å². The van der Waals surface area contributed by atoms with Crippen LogP contribution in [0.1, 0.15) is 25.0 Å². The molecule has 0 heterocycles. The van der Waals surface area contributed by atoms with Gasteiger partial charge in [0.05, 0.1) is 5.25 Å². The van der Waals surface area contributed by atoms with Crippen LogP contribution in [0.5, 0.6) is 0 Å². The van der Waals surface area contributed by atoms with Crippen molar-refractivity contribution in [2.24, 2.45) is 5.73 Å². The topological polar surface area (TPSA) is 96.0 Å². The second-order valence-electron chi connectivity index (χ2n) is 4.03. The predicted octanol–water partition coefficient (Wildman–Crippen LogP) is 0.798. The van der Waals surface area contributed by atoms with Crippen LogP contribution in [-0.4, -0.2) is 19.5 Å². The van der Waals surface area contributed by atoms with Gasteiger partial charge in [0.25, 0.3) is 0 Å². The molecule has 0 fully saturated rings. The van der Waals surface area contributed by atoms with Crippen molar-refractivity contribution in [3.8, 4) is 0 Å². The minimum Gasteiger partial charge on any atom is -0.384 e. The molecule has 0 saturated heterocycles. The fourth-order valence-corrected chi connectivity index (χ4v) is 1.85. The molecule has 0 radical (unpaired) electrons. The van der Waals surface area contributed by atoms with E-state index in [9.17, 15) is 8.42 Å². The highest BCUT2D eigenvalue weighted by atomic mass is 32.2. The van der Waals surface area contributed by atoms with Crippen LogP contribution >= 0.6 is 0 Å². The standard InChI is InChI=1S/C11H17N3O2S/c1-8(2)17(15,16)14-7-9-3-5-10(6-4-9)11(12)13/h3-6,8,14H,7H2,1-2H3,(H3,12,13). The summed E-state index contributed by atoms with van der Waals surface area (Å²) in [5.41, 5.74) is 6.78. The minimum absolute atomic E-state index is 0.000638. The zero-order valence-corrected chi connectivity index (χ0v) is 10.7. The molecule has 1 rings (SSSR count). The van der Waals surface area contributed by atoms with E-state index in [1.165, 1.54) is 0 Å². The van der Waals surface area contributed by atoms with Crippen LogP contribution in [0.15, 0.2) is 24.3 Å². The molecule has 94 valence electrons. The Hall–Kier alpha value is -1.40. The van der Waals surface area contributed by atoms with E-state index in [1.54, 1.807) is 38.1 Å². The molecule has 0 bridgehead atoms. The van der Waals surface area contributed by atoms with Crippen LogP contribution in [-0.2, 0) is 16.6 Å². The molecule has 17 heavy (non-hydrogen) atoms. The van der Waals surface area contributed by atoms with E-state index in [0.717, 1.165) is 5.56 Å². The fraction of sp³-hybridized carbons (Fsp3) is 0.364. The van der Waals surface area contributed by atoms with Gasteiger partial charge in [-0.25, -0.2) is 13.1 Å². The lowest BCUT2D eigenvalue weighted by atomic mass is 10.1. The van der Waals surface area contributed by atoms with E-state index in [-0.39, 0.29) is 12.4 Å². The first-order valence-corrected chi connectivity index (χ1v) is 6.79. The number of nitrogens with two attached hydrogens (primary N) is 1. The molecular weight excluding hydrogens is 238 g/mol. The summed E-state index contributed by atoms with van der Waals surface area (Å²) in [7, 11) is -3.24. The quantitative estimate of drug-likeness (QED) is 0.536.